The number of nitrogens with one attached hydrogen (secondary N) is 5. The van der Waals surface area contributed by atoms with Crippen LogP contribution in [0.25, 0.3) is 0 Å². The summed E-state index contributed by atoms with van der Waals surface area (Å²) in [5.41, 5.74) is 0.322. The van der Waals surface area contributed by atoms with Crippen molar-refractivity contribution in [3.8, 4) is 0 Å². The van der Waals surface area contributed by atoms with E-state index >= 15 is 0 Å². The average molecular weight is 396 g/mol. The van der Waals surface area contributed by atoms with E-state index in [4.69, 9.17) is 0 Å². The Kier molecular flexibility index (Phi) is 7.99. The molecule has 0 aromatic carbocycles. The lowest BCUT2D eigenvalue weighted by atomic mass is 9.73. The highest BCUT2D eigenvalue weighted by Gasteiger charge is 2.39. The summed E-state index contributed by atoms with van der Waals surface area (Å²) in [5, 5.41) is 19.2. The third-order valence-electron chi connectivity index (χ3n) is 7.38. The lowest BCUT2D eigenvalue weighted by Gasteiger charge is -2.46. The smallest absolute Gasteiger partial charge is 0.0250 e. The Balaban J connectivity index is 2.13. The highest BCUT2D eigenvalue weighted by Crippen LogP contribution is 2.31. The molecule has 0 bridgehead atoms. The van der Waals surface area contributed by atoms with E-state index in [1.165, 1.54) is 25.7 Å². The second-order valence-corrected chi connectivity index (χ2v) is 11.7. The molecule has 0 aromatic heterocycles. The number of hydrogen-bond donors (Lipinski definition) is 5. The third-order valence-corrected chi connectivity index (χ3v) is 7.38. The molecule has 5 N–H and O–H groups in total. The van der Waals surface area contributed by atoms with Gasteiger partial charge in [-0.15, -0.1) is 0 Å². The molecule has 28 heavy (non-hydrogen) atoms. The average Bonchev–Trinajstić information content (AvgIpc) is 2.61. The van der Waals surface area contributed by atoms with Crippen LogP contribution in [-0.4, -0.2) is 61.4 Å². The van der Waals surface area contributed by atoms with Crippen molar-refractivity contribution in [1.29, 1.82) is 0 Å². The van der Waals surface area contributed by atoms with E-state index in [0.717, 1.165) is 32.7 Å². The van der Waals surface area contributed by atoms with Gasteiger partial charge in [0.15, 0.2) is 0 Å². The third kappa shape index (κ3) is 6.94. The highest BCUT2D eigenvalue weighted by atomic mass is 15.1. The van der Waals surface area contributed by atoms with Gasteiger partial charge in [-0.3, -0.25) is 0 Å². The summed E-state index contributed by atoms with van der Waals surface area (Å²) in [4.78, 5) is 0. The molecule has 2 unspecified atom stereocenters. The van der Waals surface area contributed by atoms with E-state index < -0.39 is 0 Å². The Morgan fingerprint density at radius 1 is 0.571 bits per heavy atom. The summed E-state index contributed by atoms with van der Waals surface area (Å²) >= 11 is 0. The van der Waals surface area contributed by atoms with Crippen LogP contribution in [0.4, 0.5) is 0 Å². The van der Waals surface area contributed by atoms with Crippen molar-refractivity contribution in [1.82, 2.24) is 26.6 Å². The molecule has 1 saturated carbocycles. The number of fused-ring (bicyclic) bond motifs is 1. The fourth-order valence-corrected chi connectivity index (χ4v) is 4.15. The Hall–Kier alpha value is -0.200. The highest BCUT2D eigenvalue weighted by molar-refractivity contribution is 4.99. The minimum atomic E-state index is 0.0430. The van der Waals surface area contributed by atoms with E-state index in [0.29, 0.717) is 12.1 Å². The lowest BCUT2D eigenvalue weighted by molar-refractivity contribution is 0.125. The van der Waals surface area contributed by atoms with E-state index in [1.807, 2.05) is 0 Å². The molecule has 5 nitrogen and oxygen atoms in total. The summed E-state index contributed by atoms with van der Waals surface area (Å²) in [6, 6.07) is 1.18. The number of hydrogen-bond acceptors (Lipinski definition) is 5. The van der Waals surface area contributed by atoms with Crippen LogP contribution in [0.5, 0.6) is 0 Å². The molecule has 0 amide bonds. The summed E-state index contributed by atoms with van der Waals surface area (Å²) in [7, 11) is 0. The molecule has 5 heteroatoms. The first kappa shape index (κ1) is 24.1. The molecule has 2 rings (SSSR count). The van der Waals surface area contributed by atoms with E-state index in [-0.39, 0.29) is 22.0 Å². The molecule has 1 aliphatic heterocycles. The van der Waals surface area contributed by atoms with Gasteiger partial charge < -0.3 is 26.6 Å². The van der Waals surface area contributed by atoms with Crippen LogP contribution in [0.15, 0.2) is 0 Å². The molecule has 1 aliphatic carbocycles. The van der Waals surface area contributed by atoms with Gasteiger partial charge in [0.1, 0.15) is 0 Å². The summed E-state index contributed by atoms with van der Waals surface area (Å²) in [6.07, 6.45) is 5.28. The monoisotopic (exact) mass is 395 g/mol. The molecular weight excluding hydrogens is 346 g/mol. The molecule has 0 aromatic rings. The molecule has 0 radical (unpaired) electrons. The van der Waals surface area contributed by atoms with E-state index in [1.54, 1.807) is 0 Å². The van der Waals surface area contributed by atoms with Gasteiger partial charge in [-0.1, -0.05) is 26.7 Å². The molecule has 2 aliphatic rings. The zero-order valence-corrected chi connectivity index (χ0v) is 20.0. The first-order valence-electron chi connectivity index (χ1n) is 11.6. The summed E-state index contributed by atoms with van der Waals surface area (Å²) in [6.45, 7) is 23.7. The first-order chi connectivity index (χ1) is 12.8. The maximum atomic E-state index is 3.95. The van der Waals surface area contributed by atoms with Gasteiger partial charge in [0.2, 0.25) is 0 Å². The van der Waals surface area contributed by atoms with Crippen molar-refractivity contribution >= 4 is 0 Å². The van der Waals surface area contributed by atoms with Gasteiger partial charge in [-0.25, -0.2) is 0 Å². The van der Waals surface area contributed by atoms with Gasteiger partial charge in [-0.2, -0.15) is 0 Å². The lowest BCUT2D eigenvalue weighted by Crippen LogP contribution is -2.63. The molecule has 1 heterocycles. The second-order valence-electron chi connectivity index (χ2n) is 11.7. The minimum absolute atomic E-state index is 0.0430. The van der Waals surface area contributed by atoms with Gasteiger partial charge in [0, 0.05) is 61.4 Å². The quantitative estimate of drug-likeness (QED) is 0.436. The molecule has 1 saturated heterocycles. The van der Waals surface area contributed by atoms with Gasteiger partial charge in [0.25, 0.3) is 0 Å². The standard InChI is InChI=1S/C23H49N5/c1-20(2)15-25-19-12-10-9-11-18(19)24-13-14-26-21(3,4)16-27-22(5,6)17-28-23(20,7)8/h18-19,24-28H,9-17H2,1-8H3. The van der Waals surface area contributed by atoms with Crippen molar-refractivity contribution in [2.24, 2.45) is 5.41 Å². The molecular formula is C23H49N5. The predicted octanol–water partition coefficient (Wildman–Crippen LogP) is 2.62. The SMILES string of the molecule is CC1(C)CNC(C)(C)CNC(C)(C)C(C)(C)CNC2CCCCC2NCCN1. The maximum Gasteiger partial charge on any atom is 0.0250 e. The van der Waals surface area contributed by atoms with Crippen molar-refractivity contribution in [3.05, 3.63) is 0 Å². The van der Waals surface area contributed by atoms with Crippen LogP contribution in [0, 0.1) is 5.41 Å². The van der Waals surface area contributed by atoms with Crippen LogP contribution in [0.1, 0.15) is 81.1 Å². The minimum Gasteiger partial charge on any atom is -0.312 e. The van der Waals surface area contributed by atoms with Gasteiger partial charge in [-0.05, 0) is 59.8 Å². The summed E-state index contributed by atoms with van der Waals surface area (Å²) < 4.78 is 0. The Labute approximate surface area is 175 Å². The second kappa shape index (κ2) is 9.30. The van der Waals surface area contributed by atoms with E-state index in [9.17, 15) is 0 Å². The fourth-order valence-electron chi connectivity index (χ4n) is 4.15. The van der Waals surface area contributed by atoms with Crippen LogP contribution < -0.4 is 26.6 Å². The zero-order chi connectivity index (χ0) is 21.1. The van der Waals surface area contributed by atoms with Gasteiger partial charge >= 0.3 is 0 Å². The molecule has 0 spiro atoms. The van der Waals surface area contributed by atoms with Crippen LogP contribution in [0.3, 0.4) is 0 Å². The topological polar surface area (TPSA) is 60.1 Å². The first-order valence-corrected chi connectivity index (χ1v) is 11.6. The Morgan fingerprint density at radius 2 is 1.11 bits per heavy atom. The zero-order valence-electron chi connectivity index (χ0n) is 20.0. The molecule has 2 fully saturated rings. The van der Waals surface area contributed by atoms with Crippen molar-refractivity contribution in [3.63, 3.8) is 0 Å². The predicted molar refractivity (Wildman–Crippen MR) is 122 cm³/mol. The van der Waals surface area contributed by atoms with Crippen LogP contribution in [-0.2, 0) is 0 Å². The van der Waals surface area contributed by atoms with Crippen molar-refractivity contribution < 1.29 is 0 Å². The van der Waals surface area contributed by atoms with Crippen LogP contribution >= 0.6 is 0 Å². The summed E-state index contributed by atoms with van der Waals surface area (Å²) in [5.74, 6) is 0. The molecule has 166 valence electrons. The maximum absolute atomic E-state index is 3.95. The Morgan fingerprint density at radius 3 is 1.75 bits per heavy atom. The number of rotatable bonds is 0. The van der Waals surface area contributed by atoms with E-state index in [2.05, 4.69) is 82.0 Å². The largest absolute Gasteiger partial charge is 0.312 e. The van der Waals surface area contributed by atoms with Gasteiger partial charge in [0.05, 0.1) is 0 Å². The Bertz CT molecular complexity index is 483. The van der Waals surface area contributed by atoms with Crippen molar-refractivity contribution in [2.45, 2.75) is 110 Å². The fraction of sp³-hybridized carbons (Fsp3) is 1.00. The van der Waals surface area contributed by atoms with Crippen molar-refractivity contribution in [2.75, 3.05) is 32.7 Å². The normalized spacial score (nSPS) is 34.3. The molecule has 2 atom stereocenters. The van der Waals surface area contributed by atoms with Crippen LogP contribution in [0.2, 0.25) is 0 Å².